The number of rotatable bonds is 6. The van der Waals surface area contributed by atoms with Gasteiger partial charge in [-0.05, 0) is 35.9 Å². The number of thiazole rings is 1. The Balaban J connectivity index is 1.48. The summed E-state index contributed by atoms with van der Waals surface area (Å²) in [6, 6.07) is 9.71. The maximum Gasteiger partial charge on any atom is 0.293 e. The monoisotopic (exact) mass is 492 g/mol. The van der Waals surface area contributed by atoms with E-state index in [1.165, 1.54) is 17.4 Å². The number of amides is 1. The lowest BCUT2D eigenvalue weighted by Gasteiger charge is -2.28. The lowest BCUT2D eigenvalue weighted by Crippen LogP contribution is -2.36. The van der Waals surface area contributed by atoms with Crippen LogP contribution in [-0.2, 0) is 11.2 Å². The van der Waals surface area contributed by atoms with E-state index in [9.17, 15) is 14.9 Å². The van der Waals surface area contributed by atoms with E-state index in [0.29, 0.717) is 53.6 Å². The van der Waals surface area contributed by atoms with E-state index in [-0.39, 0.29) is 11.3 Å². The summed E-state index contributed by atoms with van der Waals surface area (Å²) in [4.78, 5) is 30.8. The van der Waals surface area contributed by atoms with Crippen LogP contribution < -0.4 is 10.2 Å². The zero-order chi connectivity index (χ0) is 22.7. The van der Waals surface area contributed by atoms with Gasteiger partial charge in [0.1, 0.15) is 5.69 Å². The normalized spacial score (nSPS) is 13.8. The van der Waals surface area contributed by atoms with Crippen molar-refractivity contribution >= 4 is 57.0 Å². The Hall–Kier alpha value is -2.72. The number of morpholine rings is 1. The molecule has 2 aromatic carbocycles. The summed E-state index contributed by atoms with van der Waals surface area (Å²) in [5.74, 6) is -0.469. The molecule has 0 spiro atoms. The van der Waals surface area contributed by atoms with Crippen LogP contribution >= 0.6 is 34.5 Å². The number of hydrogen-bond donors (Lipinski definition) is 1. The molecule has 0 unspecified atom stereocenters. The van der Waals surface area contributed by atoms with Gasteiger partial charge in [0.15, 0.2) is 5.13 Å². The first-order valence-corrected chi connectivity index (χ1v) is 11.3. The predicted octanol–water partition coefficient (Wildman–Crippen LogP) is 5.04. The van der Waals surface area contributed by atoms with Crippen molar-refractivity contribution in [2.45, 2.75) is 6.42 Å². The maximum atomic E-state index is 12.7. The number of carbonyl (C=O) groups is 1. The van der Waals surface area contributed by atoms with Crippen LogP contribution in [0.4, 0.5) is 16.5 Å². The van der Waals surface area contributed by atoms with E-state index >= 15 is 0 Å². The standard InChI is InChI=1S/C21H18Cl2N4O4S/c22-15-2-3-17(23)14(9-15)10-16-12-24-21(32-16)25-20(28)13-1-4-18(19(11-13)27(29)30)26-5-7-31-8-6-26/h1-4,9,11-12H,5-8,10H2,(H,24,25,28). The third kappa shape index (κ3) is 5.18. The summed E-state index contributed by atoms with van der Waals surface area (Å²) in [7, 11) is 0. The molecule has 166 valence electrons. The highest BCUT2D eigenvalue weighted by atomic mass is 35.5. The minimum atomic E-state index is -0.474. The molecule has 4 rings (SSSR count). The molecule has 0 bridgehead atoms. The molecule has 1 N–H and O–H groups in total. The van der Waals surface area contributed by atoms with Crippen molar-refractivity contribution in [2.24, 2.45) is 0 Å². The number of halogens is 2. The molecule has 0 atom stereocenters. The average Bonchev–Trinajstić information content (AvgIpc) is 3.23. The molecule has 11 heteroatoms. The summed E-state index contributed by atoms with van der Waals surface area (Å²) in [6.45, 7) is 2.13. The molecule has 1 amide bonds. The van der Waals surface area contributed by atoms with E-state index in [4.69, 9.17) is 27.9 Å². The Morgan fingerprint density at radius 1 is 1.22 bits per heavy atom. The second-order valence-corrected chi connectivity index (χ2v) is 9.02. The van der Waals surface area contributed by atoms with Crippen LogP contribution in [0.1, 0.15) is 20.8 Å². The molecule has 0 saturated carbocycles. The van der Waals surface area contributed by atoms with Crippen molar-refractivity contribution in [3.63, 3.8) is 0 Å². The molecule has 0 radical (unpaired) electrons. The van der Waals surface area contributed by atoms with Gasteiger partial charge in [0.2, 0.25) is 0 Å². The minimum Gasteiger partial charge on any atom is -0.378 e. The topological polar surface area (TPSA) is 97.6 Å². The van der Waals surface area contributed by atoms with Crippen LogP contribution in [0.15, 0.2) is 42.6 Å². The highest BCUT2D eigenvalue weighted by molar-refractivity contribution is 7.15. The van der Waals surface area contributed by atoms with E-state index in [1.54, 1.807) is 36.5 Å². The van der Waals surface area contributed by atoms with Gasteiger partial charge >= 0.3 is 0 Å². The molecule has 2 heterocycles. The van der Waals surface area contributed by atoms with Gasteiger partial charge in [-0.15, -0.1) is 11.3 Å². The van der Waals surface area contributed by atoms with Gasteiger partial charge in [-0.3, -0.25) is 20.2 Å². The van der Waals surface area contributed by atoms with Gasteiger partial charge in [-0.1, -0.05) is 23.2 Å². The van der Waals surface area contributed by atoms with E-state index in [0.717, 1.165) is 10.4 Å². The van der Waals surface area contributed by atoms with Crippen molar-refractivity contribution in [3.05, 3.63) is 78.8 Å². The zero-order valence-electron chi connectivity index (χ0n) is 16.7. The number of benzene rings is 2. The summed E-state index contributed by atoms with van der Waals surface area (Å²) < 4.78 is 5.31. The Labute approximate surface area is 197 Å². The molecule has 3 aromatic rings. The largest absolute Gasteiger partial charge is 0.378 e. The quantitative estimate of drug-likeness (QED) is 0.382. The summed E-state index contributed by atoms with van der Waals surface area (Å²) in [5.41, 5.74) is 1.40. The smallest absolute Gasteiger partial charge is 0.293 e. The number of nitro groups is 1. The zero-order valence-corrected chi connectivity index (χ0v) is 19.0. The summed E-state index contributed by atoms with van der Waals surface area (Å²) in [6.07, 6.45) is 2.17. The van der Waals surface area contributed by atoms with Crippen LogP contribution in [0.2, 0.25) is 10.0 Å². The molecule has 32 heavy (non-hydrogen) atoms. The van der Waals surface area contributed by atoms with Crippen molar-refractivity contribution < 1.29 is 14.5 Å². The van der Waals surface area contributed by atoms with E-state index in [2.05, 4.69) is 10.3 Å². The van der Waals surface area contributed by atoms with Crippen molar-refractivity contribution in [1.82, 2.24) is 4.98 Å². The van der Waals surface area contributed by atoms with Crippen LogP contribution in [0.25, 0.3) is 0 Å². The van der Waals surface area contributed by atoms with E-state index in [1.807, 2.05) is 4.90 Å². The Morgan fingerprint density at radius 3 is 2.75 bits per heavy atom. The lowest BCUT2D eigenvalue weighted by atomic mass is 10.1. The van der Waals surface area contributed by atoms with Gasteiger partial charge in [0.25, 0.3) is 11.6 Å². The SMILES string of the molecule is O=C(Nc1ncc(Cc2cc(Cl)ccc2Cl)s1)c1ccc(N2CCOCC2)c([N+](=O)[O-])c1. The molecule has 1 aliphatic heterocycles. The van der Waals surface area contributed by atoms with Gasteiger partial charge < -0.3 is 9.64 Å². The number of ether oxygens (including phenoxy) is 1. The Morgan fingerprint density at radius 2 is 2.00 bits per heavy atom. The molecule has 8 nitrogen and oxygen atoms in total. The maximum absolute atomic E-state index is 12.7. The van der Waals surface area contributed by atoms with Crippen molar-refractivity contribution in [2.75, 3.05) is 36.5 Å². The average molecular weight is 493 g/mol. The molecule has 1 saturated heterocycles. The molecule has 1 aliphatic rings. The summed E-state index contributed by atoms with van der Waals surface area (Å²) in [5, 5.41) is 15.9. The van der Waals surface area contributed by atoms with Crippen molar-refractivity contribution in [1.29, 1.82) is 0 Å². The Kier molecular flexibility index (Phi) is 6.90. The highest BCUT2D eigenvalue weighted by Crippen LogP contribution is 2.31. The molecule has 0 aliphatic carbocycles. The fourth-order valence-electron chi connectivity index (χ4n) is 3.37. The lowest BCUT2D eigenvalue weighted by molar-refractivity contribution is -0.384. The first kappa shape index (κ1) is 22.5. The first-order chi connectivity index (χ1) is 15.4. The number of nitrogens with zero attached hydrogens (tertiary/aromatic N) is 3. The van der Waals surface area contributed by atoms with Gasteiger partial charge in [-0.25, -0.2) is 4.98 Å². The van der Waals surface area contributed by atoms with Crippen LogP contribution in [0, 0.1) is 10.1 Å². The van der Waals surface area contributed by atoms with Crippen LogP contribution in [0.3, 0.4) is 0 Å². The molecule has 1 aromatic heterocycles. The first-order valence-electron chi connectivity index (χ1n) is 9.72. The number of nitro benzene ring substituents is 1. The van der Waals surface area contributed by atoms with Gasteiger partial charge in [0, 0.05) is 52.3 Å². The number of hydrogen-bond acceptors (Lipinski definition) is 7. The molecular formula is C21H18Cl2N4O4S. The number of nitrogens with one attached hydrogen (secondary N) is 1. The number of anilines is 2. The third-order valence-electron chi connectivity index (χ3n) is 4.93. The summed E-state index contributed by atoms with van der Waals surface area (Å²) >= 11 is 13.6. The Bertz CT molecular complexity index is 1160. The predicted molar refractivity (Wildman–Crippen MR) is 125 cm³/mol. The van der Waals surface area contributed by atoms with E-state index < -0.39 is 10.8 Å². The van der Waals surface area contributed by atoms with Gasteiger partial charge in [0.05, 0.1) is 18.1 Å². The van der Waals surface area contributed by atoms with Crippen LogP contribution in [-0.4, -0.2) is 42.1 Å². The second-order valence-electron chi connectivity index (χ2n) is 7.06. The third-order valence-corrected chi connectivity index (χ3v) is 6.45. The number of carbonyl (C=O) groups excluding carboxylic acids is 1. The highest BCUT2D eigenvalue weighted by Gasteiger charge is 2.23. The van der Waals surface area contributed by atoms with Crippen molar-refractivity contribution in [3.8, 4) is 0 Å². The molecule has 1 fully saturated rings. The second kappa shape index (κ2) is 9.83. The van der Waals surface area contributed by atoms with Crippen LogP contribution in [0.5, 0.6) is 0 Å². The minimum absolute atomic E-state index is 0.116. The molecular weight excluding hydrogens is 475 g/mol. The number of aromatic nitrogens is 1. The fourth-order valence-corrected chi connectivity index (χ4v) is 4.58. The van der Waals surface area contributed by atoms with Gasteiger partial charge in [-0.2, -0.15) is 0 Å². The fraction of sp³-hybridized carbons (Fsp3) is 0.238.